The van der Waals surface area contributed by atoms with E-state index in [-0.39, 0.29) is 5.41 Å². The van der Waals surface area contributed by atoms with E-state index in [0.29, 0.717) is 0 Å². The number of aromatic nitrogens is 2. The molecule has 0 N–H and O–H groups in total. The van der Waals surface area contributed by atoms with Crippen molar-refractivity contribution >= 4 is 32.6 Å². The number of pyridine rings is 2. The third-order valence-corrected chi connectivity index (χ3v) is 7.26. The van der Waals surface area contributed by atoms with Crippen molar-refractivity contribution < 1.29 is 0 Å². The smallest absolute Gasteiger partial charge is 0.0805 e. The number of hydrogen-bond donors (Lipinski definition) is 0. The van der Waals surface area contributed by atoms with Gasteiger partial charge in [0.05, 0.1) is 16.7 Å². The molecule has 2 heterocycles. The first-order chi connectivity index (χ1) is 16.1. The van der Waals surface area contributed by atoms with Crippen LogP contribution in [0.25, 0.3) is 55.0 Å². The van der Waals surface area contributed by atoms with Gasteiger partial charge in [0.25, 0.3) is 0 Å². The minimum Gasteiger partial charge on any atom is -0.256 e. The molecule has 0 amide bonds. The van der Waals surface area contributed by atoms with Gasteiger partial charge in [-0.25, -0.2) is 4.98 Å². The van der Waals surface area contributed by atoms with Crippen molar-refractivity contribution in [2.75, 3.05) is 0 Å². The molecule has 1 aliphatic carbocycles. The Morgan fingerprint density at radius 1 is 0.667 bits per heavy atom. The Labute approximate surface area is 192 Å². The van der Waals surface area contributed by atoms with Gasteiger partial charge in [-0.3, -0.25) is 4.98 Å². The van der Waals surface area contributed by atoms with Crippen LogP contribution in [0.4, 0.5) is 0 Å². The Balaban J connectivity index is 1.58. The van der Waals surface area contributed by atoms with E-state index in [1.54, 1.807) is 0 Å². The molecular formula is C31H22N2. The van der Waals surface area contributed by atoms with E-state index in [2.05, 4.69) is 98.8 Å². The third kappa shape index (κ3) is 2.55. The molecule has 2 nitrogen and oxygen atoms in total. The largest absolute Gasteiger partial charge is 0.256 e. The van der Waals surface area contributed by atoms with Gasteiger partial charge in [0.15, 0.2) is 0 Å². The maximum Gasteiger partial charge on any atom is 0.0805 e. The predicted molar refractivity (Wildman–Crippen MR) is 138 cm³/mol. The maximum atomic E-state index is 5.15. The second kappa shape index (κ2) is 6.49. The molecule has 0 fully saturated rings. The Hall–Kier alpha value is -4.04. The molecule has 4 aromatic carbocycles. The summed E-state index contributed by atoms with van der Waals surface area (Å²) in [7, 11) is 0. The molecule has 0 unspecified atom stereocenters. The molecule has 0 bridgehead atoms. The number of benzene rings is 4. The average molecular weight is 423 g/mol. The molecule has 156 valence electrons. The van der Waals surface area contributed by atoms with Gasteiger partial charge < -0.3 is 0 Å². The van der Waals surface area contributed by atoms with Crippen molar-refractivity contribution in [2.24, 2.45) is 0 Å². The predicted octanol–water partition coefficient (Wildman–Crippen LogP) is 7.91. The van der Waals surface area contributed by atoms with Crippen molar-refractivity contribution in [1.82, 2.24) is 9.97 Å². The van der Waals surface area contributed by atoms with Crippen molar-refractivity contribution in [1.29, 1.82) is 0 Å². The van der Waals surface area contributed by atoms with E-state index in [1.807, 2.05) is 12.3 Å². The van der Waals surface area contributed by atoms with E-state index in [9.17, 15) is 0 Å². The highest BCUT2D eigenvalue weighted by Gasteiger charge is 2.39. The first-order valence-electron chi connectivity index (χ1n) is 11.4. The Morgan fingerprint density at radius 3 is 2.33 bits per heavy atom. The minimum atomic E-state index is -0.154. The van der Waals surface area contributed by atoms with Crippen LogP contribution >= 0.6 is 0 Å². The van der Waals surface area contributed by atoms with E-state index in [0.717, 1.165) is 16.7 Å². The van der Waals surface area contributed by atoms with Crippen LogP contribution in [-0.4, -0.2) is 9.97 Å². The monoisotopic (exact) mass is 422 g/mol. The lowest BCUT2D eigenvalue weighted by molar-refractivity contribution is 0.660. The molecule has 0 spiro atoms. The Kier molecular flexibility index (Phi) is 3.64. The summed E-state index contributed by atoms with van der Waals surface area (Å²) in [5.74, 6) is 0. The number of rotatable bonds is 1. The maximum absolute atomic E-state index is 5.15. The summed E-state index contributed by atoms with van der Waals surface area (Å²) in [6, 6.07) is 32.6. The first kappa shape index (κ1) is 18.5. The van der Waals surface area contributed by atoms with E-state index < -0.39 is 0 Å². The molecule has 33 heavy (non-hydrogen) atoms. The van der Waals surface area contributed by atoms with Crippen molar-refractivity contribution in [3.8, 4) is 22.4 Å². The highest BCUT2D eigenvalue weighted by atomic mass is 14.8. The second-order valence-electron chi connectivity index (χ2n) is 9.51. The Morgan fingerprint density at radius 2 is 1.45 bits per heavy atom. The fourth-order valence-corrected chi connectivity index (χ4v) is 5.50. The zero-order chi connectivity index (χ0) is 22.2. The van der Waals surface area contributed by atoms with Gasteiger partial charge >= 0.3 is 0 Å². The lowest BCUT2D eigenvalue weighted by Gasteiger charge is -2.22. The lowest BCUT2D eigenvalue weighted by Crippen LogP contribution is -2.15. The van der Waals surface area contributed by atoms with Crippen LogP contribution in [-0.2, 0) is 5.41 Å². The summed E-state index contributed by atoms with van der Waals surface area (Å²) >= 11 is 0. The average Bonchev–Trinajstić information content (AvgIpc) is 3.08. The van der Waals surface area contributed by atoms with Gasteiger partial charge in [0.1, 0.15) is 0 Å². The fourth-order valence-electron chi connectivity index (χ4n) is 5.50. The molecular weight excluding hydrogens is 400 g/mol. The molecule has 0 saturated heterocycles. The Bertz CT molecular complexity index is 1740. The quantitative estimate of drug-likeness (QED) is 0.269. The van der Waals surface area contributed by atoms with Crippen LogP contribution in [0.1, 0.15) is 25.0 Å². The van der Waals surface area contributed by atoms with Gasteiger partial charge in [-0.1, -0.05) is 74.5 Å². The lowest BCUT2D eigenvalue weighted by atomic mass is 9.80. The number of hydrogen-bond acceptors (Lipinski definition) is 2. The summed E-state index contributed by atoms with van der Waals surface area (Å²) in [6.07, 6.45) is 1.90. The summed E-state index contributed by atoms with van der Waals surface area (Å²) < 4.78 is 0. The molecule has 0 radical (unpaired) electrons. The summed E-state index contributed by atoms with van der Waals surface area (Å²) in [5.41, 5.74) is 9.19. The van der Waals surface area contributed by atoms with Gasteiger partial charge in [-0.05, 0) is 63.4 Å². The molecule has 1 aliphatic rings. The molecule has 7 rings (SSSR count). The molecule has 0 aliphatic heterocycles. The van der Waals surface area contributed by atoms with Gasteiger partial charge in [-0.15, -0.1) is 0 Å². The van der Waals surface area contributed by atoms with E-state index >= 15 is 0 Å². The molecule has 0 atom stereocenters. The van der Waals surface area contributed by atoms with Crippen molar-refractivity contribution in [3.63, 3.8) is 0 Å². The topological polar surface area (TPSA) is 25.8 Å². The van der Waals surface area contributed by atoms with Crippen LogP contribution in [0, 0.1) is 0 Å². The highest BCUT2D eigenvalue weighted by Crippen LogP contribution is 2.52. The first-order valence-corrected chi connectivity index (χ1v) is 11.4. The van der Waals surface area contributed by atoms with Crippen LogP contribution < -0.4 is 0 Å². The zero-order valence-electron chi connectivity index (χ0n) is 18.6. The number of para-hydroxylation sites is 1. The zero-order valence-corrected chi connectivity index (χ0v) is 18.6. The van der Waals surface area contributed by atoms with Gasteiger partial charge in [0, 0.05) is 27.9 Å². The van der Waals surface area contributed by atoms with Crippen molar-refractivity contribution in [2.45, 2.75) is 19.3 Å². The molecule has 6 aromatic rings. The van der Waals surface area contributed by atoms with Gasteiger partial charge in [0.2, 0.25) is 0 Å². The van der Waals surface area contributed by atoms with E-state index in [4.69, 9.17) is 9.97 Å². The number of nitrogens with zero attached hydrogens (tertiary/aromatic N) is 2. The number of fused-ring (bicyclic) bond motifs is 7. The normalized spacial score (nSPS) is 14.0. The minimum absolute atomic E-state index is 0.154. The van der Waals surface area contributed by atoms with Crippen LogP contribution in [0.5, 0.6) is 0 Å². The summed E-state index contributed by atoms with van der Waals surface area (Å²) in [5, 5.41) is 4.87. The standard InChI is InChI=1S/C31H22N2/c1-31(2)25-18-24(21-14-13-19-8-3-4-9-20(19)16-21)23-11-7-15-32-29(23)28(25)30-26(31)17-22-10-5-6-12-27(22)33-30/h3-18H,1-2H3. The van der Waals surface area contributed by atoms with E-state index in [1.165, 1.54) is 49.4 Å². The van der Waals surface area contributed by atoms with Crippen LogP contribution in [0.3, 0.4) is 0 Å². The summed E-state index contributed by atoms with van der Waals surface area (Å²) in [6.45, 7) is 4.63. The SMILES string of the molecule is CC1(C)c2cc3ccccc3nc2-c2c1cc(-c1ccc3ccccc3c1)c1cccnc21. The van der Waals surface area contributed by atoms with Crippen LogP contribution in [0.15, 0.2) is 97.2 Å². The summed E-state index contributed by atoms with van der Waals surface area (Å²) in [4.78, 5) is 10.1. The van der Waals surface area contributed by atoms with Gasteiger partial charge in [-0.2, -0.15) is 0 Å². The molecule has 2 heteroatoms. The third-order valence-electron chi connectivity index (χ3n) is 7.26. The second-order valence-corrected chi connectivity index (χ2v) is 9.51. The van der Waals surface area contributed by atoms with Crippen molar-refractivity contribution in [3.05, 3.63) is 108 Å². The fraction of sp³-hybridized carbons (Fsp3) is 0.0968. The highest BCUT2D eigenvalue weighted by molar-refractivity contribution is 6.07. The molecule has 0 saturated carbocycles. The van der Waals surface area contributed by atoms with Crippen LogP contribution in [0.2, 0.25) is 0 Å². The molecule has 2 aromatic heterocycles.